The van der Waals surface area contributed by atoms with Crippen LogP contribution in [0.5, 0.6) is 28.9 Å². The van der Waals surface area contributed by atoms with Crippen LogP contribution in [0.1, 0.15) is 0 Å². The molecule has 0 unspecified atom stereocenters. The van der Waals surface area contributed by atoms with Crippen molar-refractivity contribution >= 4 is 11.5 Å². The second-order valence-electron chi connectivity index (χ2n) is 5.34. The van der Waals surface area contributed by atoms with Gasteiger partial charge in [0.1, 0.15) is 11.6 Å². The molecule has 7 nitrogen and oxygen atoms in total. The zero-order chi connectivity index (χ0) is 19.2. The second-order valence-corrected chi connectivity index (χ2v) is 5.34. The summed E-state index contributed by atoms with van der Waals surface area (Å²) in [5.74, 6) is 2.07. The van der Waals surface area contributed by atoms with Gasteiger partial charge in [0.15, 0.2) is 17.3 Å². The van der Waals surface area contributed by atoms with Crippen molar-refractivity contribution in [3.63, 3.8) is 0 Å². The predicted octanol–water partition coefficient (Wildman–Crippen LogP) is 4.18. The number of nitrogens with zero attached hydrogens (tertiary/aromatic N) is 2. The van der Waals surface area contributed by atoms with Crippen molar-refractivity contribution in [2.24, 2.45) is 0 Å². The molecule has 140 valence electrons. The number of ether oxygens (including phenoxy) is 4. The lowest BCUT2D eigenvalue weighted by molar-refractivity contribution is 0.324. The van der Waals surface area contributed by atoms with Crippen LogP contribution in [0.15, 0.2) is 48.8 Å². The molecule has 0 aliphatic rings. The van der Waals surface area contributed by atoms with E-state index in [0.29, 0.717) is 34.5 Å². The fraction of sp³-hybridized carbons (Fsp3) is 0.158. The summed E-state index contributed by atoms with van der Waals surface area (Å²) in [5.41, 5.74) is 0.654. The highest BCUT2D eigenvalue weighted by molar-refractivity contribution is 5.66. The molecular weight excluding hydrogens is 353 g/mol. The fourth-order valence-electron chi connectivity index (χ4n) is 2.41. The van der Waals surface area contributed by atoms with Crippen molar-refractivity contribution < 1.29 is 23.3 Å². The molecule has 0 fully saturated rings. The molecule has 0 atom stereocenters. The van der Waals surface area contributed by atoms with Crippen molar-refractivity contribution in [2.75, 3.05) is 26.6 Å². The van der Waals surface area contributed by atoms with E-state index in [1.165, 1.54) is 45.9 Å². The molecule has 0 saturated carbocycles. The summed E-state index contributed by atoms with van der Waals surface area (Å²) < 4.78 is 34.8. The molecule has 0 saturated heterocycles. The van der Waals surface area contributed by atoms with Gasteiger partial charge in [-0.25, -0.2) is 4.39 Å². The van der Waals surface area contributed by atoms with Crippen LogP contribution < -0.4 is 24.3 Å². The standard InChI is InChI=1S/C19H18FN3O4/c1-24-15-8-13(9-16(25-2)19(15)26-3)22-17-10-21-11-18(23-17)27-14-6-4-5-12(20)7-14/h4-11H,1-3H3,(H,22,23). The van der Waals surface area contributed by atoms with Gasteiger partial charge in [-0.3, -0.25) is 4.98 Å². The number of hydrogen-bond donors (Lipinski definition) is 1. The SMILES string of the molecule is COc1cc(Nc2cncc(Oc3cccc(F)c3)n2)cc(OC)c1OC. The van der Waals surface area contributed by atoms with Crippen LogP contribution >= 0.6 is 0 Å². The molecule has 1 heterocycles. The zero-order valence-electron chi connectivity index (χ0n) is 15.0. The number of rotatable bonds is 7. The molecular formula is C19H18FN3O4. The first-order valence-electron chi connectivity index (χ1n) is 7.95. The lowest BCUT2D eigenvalue weighted by Crippen LogP contribution is -2.00. The van der Waals surface area contributed by atoms with Gasteiger partial charge < -0.3 is 24.3 Å². The maximum atomic E-state index is 13.3. The van der Waals surface area contributed by atoms with E-state index < -0.39 is 5.82 Å². The Morgan fingerprint density at radius 1 is 0.926 bits per heavy atom. The molecule has 27 heavy (non-hydrogen) atoms. The molecule has 2 aromatic carbocycles. The van der Waals surface area contributed by atoms with Gasteiger partial charge in [-0.15, -0.1) is 0 Å². The number of hydrogen-bond acceptors (Lipinski definition) is 7. The number of nitrogens with one attached hydrogen (secondary N) is 1. The van der Waals surface area contributed by atoms with E-state index >= 15 is 0 Å². The average Bonchev–Trinajstić information content (AvgIpc) is 2.67. The van der Waals surface area contributed by atoms with E-state index in [2.05, 4.69) is 15.3 Å². The Morgan fingerprint density at radius 2 is 1.67 bits per heavy atom. The normalized spacial score (nSPS) is 10.2. The third-order valence-corrected chi connectivity index (χ3v) is 3.57. The molecule has 1 N–H and O–H groups in total. The van der Waals surface area contributed by atoms with Gasteiger partial charge in [0.2, 0.25) is 11.6 Å². The number of benzene rings is 2. The minimum Gasteiger partial charge on any atom is -0.493 e. The van der Waals surface area contributed by atoms with Crippen LogP contribution in [0.3, 0.4) is 0 Å². The van der Waals surface area contributed by atoms with Crippen LogP contribution in [-0.4, -0.2) is 31.3 Å². The van der Waals surface area contributed by atoms with Crippen molar-refractivity contribution in [1.29, 1.82) is 0 Å². The van der Waals surface area contributed by atoms with Gasteiger partial charge in [-0.2, -0.15) is 4.98 Å². The highest BCUT2D eigenvalue weighted by Gasteiger charge is 2.14. The van der Waals surface area contributed by atoms with Gasteiger partial charge in [0, 0.05) is 23.9 Å². The van der Waals surface area contributed by atoms with Gasteiger partial charge in [0.05, 0.1) is 33.7 Å². The molecule has 0 amide bonds. The van der Waals surface area contributed by atoms with E-state index in [1.54, 1.807) is 24.3 Å². The summed E-state index contributed by atoms with van der Waals surface area (Å²) >= 11 is 0. The fourth-order valence-corrected chi connectivity index (χ4v) is 2.41. The molecule has 0 spiro atoms. The summed E-state index contributed by atoms with van der Waals surface area (Å²) in [5, 5.41) is 3.10. The highest BCUT2D eigenvalue weighted by Crippen LogP contribution is 2.40. The lowest BCUT2D eigenvalue weighted by Gasteiger charge is -2.15. The molecule has 3 aromatic rings. The van der Waals surface area contributed by atoms with Crippen molar-refractivity contribution in [1.82, 2.24) is 9.97 Å². The molecule has 8 heteroatoms. The van der Waals surface area contributed by atoms with Crippen molar-refractivity contribution in [3.05, 3.63) is 54.6 Å². The van der Waals surface area contributed by atoms with Crippen molar-refractivity contribution in [3.8, 4) is 28.9 Å². The minimum absolute atomic E-state index is 0.220. The third-order valence-electron chi connectivity index (χ3n) is 3.57. The van der Waals surface area contributed by atoms with E-state index in [4.69, 9.17) is 18.9 Å². The third kappa shape index (κ3) is 4.35. The van der Waals surface area contributed by atoms with Crippen LogP contribution in [0, 0.1) is 5.82 Å². The Labute approximate surface area is 155 Å². The first-order chi connectivity index (χ1) is 13.1. The zero-order valence-corrected chi connectivity index (χ0v) is 15.0. The summed E-state index contributed by atoms with van der Waals surface area (Å²) in [6.07, 6.45) is 2.97. The van der Waals surface area contributed by atoms with Gasteiger partial charge in [-0.1, -0.05) is 6.07 Å². The van der Waals surface area contributed by atoms with Crippen LogP contribution in [0.4, 0.5) is 15.9 Å². The van der Waals surface area contributed by atoms with Crippen LogP contribution in [0.2, 0.25) is 0 Å². The largest absolute Gasteiger partial charge is 0.493 e. The minimum atomic E-state index is -0.396. The Morgan fingerprint density at radius 3 is 2.30 bits per heavy atom. The molecule has 0 radical (unpaired) electrons. The Hall–Kier alpha value is -3.55. The summed E-state index contributed by atoms with van der Waals surface area (Å²) in [6, 6.07) is 9.26. The van der Waals surface area contributed by atoms with Gasteiger partial charge in [-0.05, 0) is 12.1 Å². The average molecular weight is 371 g/mol. The summed E-state index contributed by atoms with van der Waals surface area (Å²) in [7, 11) is 4.61. The molecule has 0 aliphatic carbocycles. The maximum absolute atomic E-state index is 13.3. The van der Waals surface area contributed by atoms with E-state index in [-0.39, 0.29) is 5.88 Å². The molecule has 1 aromatic heterocycles. The Bertz CT molecular complexity index is 911. The lowest BCUT2D eigenvalue weighted by atomic mass is 10.2. The number of methoxy groups -OCH3 is 3. The summed E-state index contributed by atoms with van der Waals surface area (Å²) in [4.78, 5) is 8.40. The van der Waals surface area contributed by atoms with Gasteiger partial charge in [0.25, 0.3) is 0 Å². The molecule has 0 bridgehead atoms. The predicted molar refractivity (Wildman–Crippen MR) is 97.9 cm³/mol. The van der Waals surface area contributed by atoms with Crippen molar-refractivity contribution in [2.45, 2.75) is 0 Å². The van der Waals surface area contributed by atoms with E-state index in [9.17, 15) is 4.39 Å². The number of halogens is 1. The first-order valence-corrected chi connectivity index (χ1v) is 7.95. The van der Waals surface area contributed by atoms with E-state index in [1.807, 2.05) is 0 Å². The highest BCUT2D eigenvalue weighted by atomic mass is 19.1. The summed E-state index contributed by atoms with van der Waals surface area (Å²) in [6.45, 7) is 0. The van der Waals surface area contributed by atoms with Gasteiger partial charge >= 0.3 is 0 Å². The van der Waals surface area contributed by atoms with E-state index in [0.717, 1.165) is 0 Å². The second kappa shape index (κ2) is 8.22. The topological polar surface area (TPSA) is 74.7 Å². The first kappa shape index (κ1) is 18.2. The monoisotopic (exact) mass is 371 g/mol. The van der Waals surface area contributed by atoms with Crippen LogP contribution in [-0.2, 0) is 0 Å². The van der Waals surface area contributed by atoms with Crippen LogP contribution in [0.25, 0.3) is 0 Å². The maximum Gasteiger partial charge on any atom is 0.239 e. The number of anilines is 2. The number of aromatic nitrogens is 2. The Balaban J connectivity index is 1.84. The smallest absolute Gasteiger partial charge is 0.239 e. The molecule has 0 aliphatic heterocycles. The quantitative estimate of drug-likeness (QED) is 0.668. The Kier molecular flexibility index (Phi) is 5.55. The molecule has 3 rings (SSSR count).